The third-order valence-corrected chi connectivity index (χ3v) is 5.71. The van der Waals surface area contributed by atoms with Crippen molar-refractivity contribution in [3.8, 4) is 6.07 Å². The number of carbonyl (C=O) groups excluding carboxylic acids is 1. The van der Waals surface area contributed by atoms with E-state index in [1.807, 2.05) is 47.4 Å². The first-order valence-corrected chi connectivity index (χ1v) is 11.0. The Morgan fingerprint density at radius 1 is 1.13 bits per heavy atom. The van der Waals surface area contributed by atoms with E-state index in [0.717, 1.165) is 50.0 Å². The standard InChI is InChI=1S/C25H32N4O2/c1-31-18-6-5-15-29(20-22-7-3-2-4-8-22)25(30)27-23-13-16-28(17-14-23)24-11-9-21(19-26)10-12-24/h2-4,7-12,23H,5-6,13-18,20H2,1H3,(H,27,30). The minimum atomic E-state index is 0.0121. The van der Waals surface area contributed by atoms with Crippen molar-refractivity contribution in [3.63, 3.8) is 0 Å². The van der Waals surface area contributed by atoms with Crippen LogP contribution in [0.1, 0.15) is 36.8 Å². The Hall–Kier alpha value is -3.04. The zero-order valence-corrected chi connectivity index (χ0v) is 18.3. The molecule has 0 saturated carbocycles. The molecule has 3 rings (SSSR count). The molecule has 6 heteroatoms. The smallest absolute Gasteiger partial charge is 0.317 e. The summed E-state index contributed by atoms with van der Waals surface area (Å²) >= 11 is 0. The molecular formula is C25H32N4O2. The highest BCUT2D eigenvalue weighted by Crippen LogP contribution is 2.21. The van der Waals surface area contributed by atoms with E-state index < -0.39 is 0 Å². The summed E-state index contributed by atoms with van der Waals surface area (Å²) in [5, 5.41) is 12.2. The Morgan fingerprint density at radius 2 is 1.84 bits per heavy atom. The van der Waals surface area contributed by atoms with Crippen LogP contribution in [0.2, 0.25) is 0 Å². The van der Waals surface area contributed by atoms with Crippen LogP contribution in [0.3, 0.4) is 0 Å². The highest BCUT2D eigenvalue weighted by Gasteiger charge is 2.23. The molecule has 0 unspecified atom stereocenters. The molecule has 31 heavy (non-hydrogen) atoms. The molecule has 0 spiro atoms. The number of urea groups is 1. The molecule has 0 atom stereocenters. The van der Waals surface area contributed by atoms with E-state index in [9.17, 15) is 4.79 Å². The van der Waals surface area contributed by atoms with E-state index in [4.69, 9.17) is 10.00 Å². The van der Waals surface area contributed by atoms with Gasteiger partial charge in [0.25, 0.3) is 0 Å². The van der Waals surface area contributed by atoms with Gasteiger partial charge >= 0.3 is 6.03 Å². The van der Waals surface area contributed by atoms with Gasteiger partial charge in [-0.05, 0) is 55.5 Å². The van der Waals surface area contributed by atoms with Crippen molar-refractivity contribution in [1.82, 2.24) is 10.2 Å². The molecule has 1 saturated heterocycles. The molecule has 1 N–H and O–H groups in total. The molecule has 0 aliphatic carbocycles. The largest absolute Gasteiger partial charge is 0.385 e. The number of nitrogens with zero attached hydrogens (tertiary/aromatic N) is 3. The lowest BCUT2D eigenvalue weighted by atomic mass is 10.0. The summed E-state index contributed by atoms with van der Waals surface area (Å²) in [4.78, 5) is 17.3. The number of carbonyl (C=O) groups is 1. The minimum Gasteiger partial charge on any atom is -0.385 e. The topological polar surface area (TPSA) is 68.6 Å². The van der Waals surface area contributed by atoms with Crippen LogP contribution in [0.5, 0.6) is 0 Å². The van der Waals surface area contributed by atoms with Crippen LogP contribution in [-0.2, 0) is 11.3 Å². The van der Waals surface area contributed by atoms with Crippen molar-refractivity contribution in [2.75, 3.05) is 38.3 Å². The van der Waals surface area contributed by atoms with Gasteiger partial charge in [0, 0.05) is 51.6 Å². The van der Waals surface area contributed by atoms with Gasteiger partial charge < -0.3 is 19.9 Å². The SMILES string of the molecule is COCCCCN(Cc1ccccc1)C(=O)NC1CCN(c2ccc(C#N)cc2)CC1. The molecule has 2 aromatic rings. The number of rotatable bonds is 9. The number of piperidine rings is 1. The van der Waals surface area contributed by atoms with E-state index in [1.165, 1.54) is 0 Å². The Balaban J connectivity index is 1.52. The second kappa shape index (κ2) is 12.0. The third kappa shape index (κ3) is 7.01. The summed E-state index contributed by atoms with van der Waals surface area (Å²) < 4.78 is 5.14. The predicted octanol–water partition coefficient (Wildman–Crippen LogP) is 4.17. The lowest BCUT2D eigenvalue weighted by Crippen LogP contribution is -2.49. The lowest BCUT2D eigenvalue weighted by Gasteiger charge is -2.35. The Morgan fingerprint density at radius 3 is 2.48 bits per heavy atom. The van der Waals surface area contributed by atoms with Crippen molar-refractivity contribution in [2.45, 2.75) is 38.3 Å². The highest BCUT2D eigenvalue weighted by molar-refractivity contribution is 5.74. The molecule has 2 aromatic carbocycles. The van der Waals surface area contributed by atoms with Crippen molar-refractivity contribution >= 4 is 11.7 Å². The van der Waals surface area contributed by atoms with Gasteiger partial charge in [0.1, 0.15) is 0 Å². The highest BCUT2D eigenvalue weighted by atomic mass is 16.5. The van der Waals surface area contributed by atoms with Crippen molar-refractivity contribution in [3.05, 3.63) is 65.7 Å². The van der Waals surface area contributed by atoms with Gasteiger partial charge in [-0.2, -0.15) is 5.26 Å². The molecule has 1 aliphatic rings. The number of hydrogen-bond donors (Lipinski definition) is 1. The number of anilines is 1. The maximum absolute atomic E-state index is 13.0. The average molecular weight is 421 g/mol. The van der Waals surface area contributed by atoms with Crippen LogP contribution in [0, 0.1) is 11.3 Å². The zero-order valence-electron chi connectivity index (χ0n) is 18.3. The number of amides is 2. The fraction of sp³-hybridized carbons (Fsp3) is 0.440. The summed E-state index contributed by atoms with van der Waals surface area (Å²) in [5.74, 6) is 0. The summed E-state index contributed by atoms with van der Waals surface area (Å²) in [7, 11) is 1.71. The number of nitrogens with one attached hydrogen (secondary N) is 1. The predicted molar refractivity (Wildman–Crippen MR) is 123 cm³/mol. The van der Waals surface area contributed by atoms with Gasteiger partial charge in [-0.3, -0.25) is 0 Å². The molecule has 2 amide bonds. The van der Waals surface area contributed by atoms with Gasteiger partial charge in [0.15, 0.2) is 0 Å². The van der Waals surface area contributed by atoms with Crippen LogP contribution < -0.4 is 10.2 Å². The second-order valence-electron chi connectivity index (χ2n) is 7.98. The van der Waals surface area contributed by atoms with Crippen LogP contribution >= 0.6 is 0 Å². The minimum absolute atomic E-state index is 0.0121. The maximum Gasteiger partial charge on any atom is 0.317 e. The van der Waals surface area contributed by atoms with Crippen molar-refractivity contribution < 1.29 is 9.53 Å². The first kappa shape index (κ1) is 22.6. The first-order chi connectivity index (χ1) is 15.2. The number of unbranched alkanes of at least 4 members (excludes halogenated alkanes) is 1. The summed E-state index contributed by atoms with van der Waals surface area (Å²) in [6, 6.07) is 20.2. The van der Waals surface area contributed by atoms with Gasteiger partial charge in [0.05, 0.1) is 11.6 Å². The fourth-order valence-electron chi connectivity index (χ4n) is 3.90. The van der Waals surface area contributed by atoms with E-state index in [-0.39, 0.29) is 12.1 Å². The average Bonchev–Trinajstić information content (AvgIpc) is 2.82. The normalized spacial score (nSPS) is 14.1. The summed E-state index contributed by atoms with van der Waals surface area (Å²) in [6.45, 7) is 3.83. The maximum atomic E-state index is 13.0. The molecule has 164 valence electrons. The Labute approximate surface area is 185 Å². The monoisotopic (exact) mass is 420 g/mol. The van der Waals surface area contributed by atoms with E-state index in [2.05, 4.69) is 28.4 Å². The molecule has 1 aliphatic heterocycles. The van der Waals surface area contributed by atoms with E-state index in [0.29, 0.717) is 25.3 Å². The van der Waals surface area contributed by atoms with E-state index in [1.54, 1.807) is 7.11 Å². The number of ether oxygens (including phenoxy) is 1. The second-order valence-corrected chi connectivity index (χ2v) is 7.98. The summed E-state index contributed by atoms with van der Waals surface area (Å²) in [6.07, 6.45) is 3.69. The number of hydrogen-bond acceptors (Lipinski definition) is 4. The quantitative estimate of drug-likeness (QED) is 0.619. The number of benzene rings is 2. The summed E-state index contributed by atoms with van der Waals surface area (Å²) in [5.41, 5.74) is 2.95. The lowest BCUT2D eigenvalue weighted by molar-refractivity contribution is 0.173. The van der Waals surface area contributed by atoms with Crippen LogP contribution in [0.4, 0.5) is 10.5 Å². The Kier molecular flexibility index (Phi) is 8.74. The Bertz CT molecular complexity index is 840. The first-order valence-electron chi connectivity index (χ1n) is 11.0. The number of nitriles is 1. The van der Waals surface area contributed by atoms with Gasteiger partial charge in [-0.1, -0.05) is 30.3 Å². The van der Waals surface area contributed by atoms with Crippen LogP contribution in [0.25, 0.3) is 0 Å². The molecule has 0 radical (unpaired) electrons. The van der Waals surface area contributed by atoms with Gasteiger partial charge in [0.2, 0.25) is 0 Å². The van der Waals surface area contributed by atoms with E-state index >= 15 is 0 Å². The molecule has 6 nitrogen and oxygen atoms in total. The molecule has 0 aromatic heterocycles. The molecular weight excluding hydrogens is 388 g/mol. The van der Waals surface area contributed by atoms with Crippen LogP contribution in [0.15, 0.2) is 54.6 Å². The molecule has 1 heterocycles. The van der Waals surface area contributed by atoms with Crippen molar-refractivity contribution in [1.29, 1.82) is 5.26 Å². The number of methoxy groups -OCH3 is 1. The molecule has 0 bridgehead atoms. The van der Waals surface area contributed by atoms with Gasteiger partial charge in [-0.15, -0.1) is 0 Å². The zero-order chi connectivity index (χ0) is 21.9. The van der Waals surface area contributed by atoms with Crippen molar-refractivity contribution in [2.24, 2.45) is 0 Å². The molecule has 1 fully saturated rings. The third-order valence-electron chi connectivity index (χ3n) is 5.71. The van der Waals surface area contributed by atoms with Gasteiger partial charge in [-0.25, -0.2) is 4.79 Å². The fourth-order valence-corrected chi connectivity index (χ4v) is 3.90. The van der Waals surface area contributed by atoms with Crippen LogP contribution in [-0.4, -0.2) is 50.3 Å².